The summed E-state index contributed by atoms with van der Waals surface area (Å²) < 4.78 is 0. The molecular weight excluding hydrogens is 448 g/mol. The summed E-state index contributed by atoms with van der Waals surface area (Å²) in [5.41, 5.74) is 2.31. The largest absolute Gasteiger partial charge is 0.481 e. The van der Waals surface area contributed by atoms with Gasteiger partial charge in [-0.2, -0.15) is 0 Å². The number of aliphatic carboxylic acids is 1. The van der Waals surface area contributed by atoms with Crippen LogP contribution in [-0.4, -0.2) is 44.6 Å². The maximum atomic E-state index is 13.3. The number of carboxylic acid groups (broad SMARTS) is 1. The zero-order valence-corrected chi connectivity index (χ0v) is 18.9. The van der Waals surface area contributed by atoms with Crippen LogP contribution in [0.5, 0.6) is 0 Å². The summed E-state index contributed by atoms with van der Waals surface area (Å²) in [4.78, 5) is 54.9. The van der Waals surface area contributed by atoms with E-state index >= 15 is 0 Å². The van der Waals surface area contributed by atoms with Gasteiger partial charge < -0.3 is 10.1 Å². The fourth-order valence-electron chi connectivity index (χ4n) is 6.65. The summed E-state index contributed by atoms with van der Waals surface area (Å²) in [7, 11) is 0. The number of rotatable bonds is 4. The second-order valence-electron chi connectivity index (χ2n) is 9.34. The van der Waals surface area contributed by atoms with Crippen LogP contribution in [0.3, 0.4) is 0 Å². The normalized spacial score (nSPS) is 34.5. The smallest absolute Gasteiger partial charge is 0.305 e. The quantitative estimate of drug-likeness (QED) is 0.666. The zero-order chi connectivity index (χ0) is 22.3. The number of aryl methyl sites for hydroxylation is 1. The Morgan fingerprint density at radius 3 is 2.50 bits per heavy atom. The third-order valence-electron chi connectivity index (χ3n) is 7.80. The lowest BCUT2D eigenvalue weighted by atomic mass is 9.68. The second-order valence-corrected chi connectivity index (χ2v) is 11.5. The van der Waals surface area contributed by atoms with Crippen LogP contribution in [-0.2, 0) is 14.4 Å². The van der Waals surface area contributed by atoms with Crippen LogP contribution < -0.4 is 4.87 Å². The van der Waals surface area contributed by atoms with Crippen LogP contribution in [0.4, 0.5) is 0 Å². The van der Waals surface area contributed by atoms with E-state index in [-0.39, 0.29) is 70.4 Å². The number of thiazole rings is 1. The van der Waals surface area contributed by atoms with Gasteiger partial charge in [-0.15, -0.1) is 11.8 Å². The Bertz CT molecular complexity index is 1200. The summed E-state index contributed by atoms with van der Waals surface area (Å²) in [6.07, 6.45) is 0.613. The molecule has 7 unspecified atom stereocenters. The van der Waals surface area contributed by atoms with E-state index in [1.807, 2.05) is 6.92 Å². The van der Waals surface area contributed by atoms with Gasteiger partial charge in [-0.1, -0.05) is 41.2 Å². The van der Waals surface area contributed by atoms with Gasteiger partial charge in [0, 0.05) is 22.6 Å². The average molecular weight is 471 g/mol. The Labute approximate surface area is 192 Å². The molecule has 166 valence electrons. The molecule has 1 saturated heterocycles. The molecule has 7 atom stereocenters. The zero-order valence-electron chi connectivity index (χ0n) is 17.3. The Kier molecular flexibility index (Phi) is 4.46. The van der Waals surface area contributed by atoms with Crippen molar-refractivity contribution in [1.29, 1.82) is 0 Å². The number of aromatic amines is 1. The van der Waals surface area contributed by atoms with Gasteiger partial charge in [0.25, 0.3) is 0 Å². The number of thioether (sulfide) groups is 1. The number of benzene rings is 1. The number of hydrogen-bond donors (Lipinski definition) is 2. The number of carboxylic acids is 1. The number of H-pyrrole nitrogens is 1. The van der Waals surface area contributed by atoms with Crippen LogP contribution in [0, 0.1) is 36.5 Å². The van der Waals surface area contributed by atoms with E-state index in [2.05, 4.69) is 29.2 Å². The molecule has 2 aromatic rings. The molecule has 7 nitrogen and oxygen atoms in total. The molecule has 2 aliphatic heterocycles. The maximum absolute atomic E-state index is 13.3. The van der Waals surface area contributed by atoms with Gasteiger partial charge in [-0.3, -0.25) is 24.1 Å². The van der Waals surface area contributed by atoms with E-state index in [0.717, 1.165) is 27.5 Å². The second kappa shape index (κ2) is 7.05. The molecule has 2 bridgehead atoms. The lowest BCUT2D eigenvalue weighted by Gasteiger charge is -2.43. The van der Waals surface area contributed by atoms with Gasteiger partial charge in [0.2, 0.25) is 11.8 Å². The minimum Gasteiger partial charge on any atom is -0.481 e. The Morgan fingerprint density at radius 2 is 1.81 bits per heavy atom. The van der Waals surface area contributed by atoms with Crippen molar-refractivity contribution >= 4 is 40.9 Å². The molecule has 0 spiro atoms. The highest BCUT2D eigenvalue weighted by Crippen LogP contribution is 2.68. The summed E-state index contributed by atoms with van der Waals surface area (Å²) in [6, 6.07) is 8.39. The van der Waals surface area contributed by atoms with Crippen molar-refractivity contribution in [3.63, 3.8) is 0 Å². The van der Waals surface area contributed by atoms with Gasteiger partial charge in [0.05, 0.1) is 23.3 Å². The molecule has 9 heteroatoms. The Balaban J connectivity index is 1.41. The van der Waals surface area contributed by atoms with Crippen LogP contribution in [0.25, 0.3) is 0 Å². The number of hydrogen-bond acceptors (Lipinski definition) is 6. The average Bonchev–Trinajstić information content (AvgIpc) is 3.47. The summed E-state index contributed by atoms with van der Waals surface area (Å²) in [5.74, 6) is -1.83. The fourth-order valence-corrected chi connectivity index (χ4v) is 9.54. The van der Waals surface area contributed by atoms with Crippen LogP contribution in [0.1, 0.15) is 34.8 Å². The van der Waals surface area contributed by atoms with E-state index < -0.39 is 5.97 Å². The Hall–Kier alpha value is -2.39. The van der Waals surface area contributed by atoms with Crippen molar-refractivity contribution in [3.8, 4) is 0 Å². The summed E-state index contributed by atoms with van der Waals surface area (Å²) in [5, 5.41) is 10.1. The van der Waals surface area contributed by atoms with Crippen LogP contribution in [0.15, 0.2) is 34.1 Å². The van der Waals surface area contributed by atoms with E-state index in [0.29, 0.717) is 0 Å². The molecule has 32 heavy (non-hydrogen) atoms. The summed E-state index contributed by atoms with van der Waals surface area (Å²) >= 11 is 2.92. The molecule has 6 rings (SSSR count). The summed E-state index contributed by atoms with van der Waals surface area (Å²) in [6.45, 7) is 1.99. The van der Waals surface area contributed by atoms with E-state index in [9.17, 15) is 19.2 Å². The molecule has 1 aromatic heterocycles. The van der Waals surface area contributed by atoms with Crippen molar-refractivity contribution < 1.29 is 19.5 Å². The lowest BCUT2D eigenvalue weighted by Crippen LogP contribution is -2.42. The first-order valence-corrected chi connectivity index (χ1v) is 12.6. The van der Waals surface area contributed by atoms with E-state index in [1.54, 1.807) is 11.8 Å². The lowest BCUT2D eigenvalue weighted by molar-refractivity contribution is -0.142. The molecular formula is C23H22N2O5S2. The standard InChI is InChI=1S/C23H22N2O5S2/c1-9-2-4-10(5-3-9)14-15-11-8-12(18(15)31-20-19(14)32-23(30)24-20)17-16(11)21(28)25(22(17)29)7-6-13(26)27/h2-5,11-12,14-18H,6-8H2,1H3,(H,24,30)(H,26,27). The van der Waals surface area contributed by atoms with Gasteiger partial charge >= 0.3 is 10.8 Å². The number of fused-ring (bicyclic) bond motifs is 9. The number of carbonyl (C=O) groups is 3. The number of carbonyl (C=O) groups excluding carboxylic acids is 2. The number of nitrogens with one attached hydrogen (secondary N) is 1. The topological polar surface area (TPSA) is 108 Å². The highest BCUT2D eigenvalue weighted by atomic mass is 32.2. The molecule has 2 amide bonds. The van der Waals surface area contributed by atoms with Gasteiger partial charge in [-0.05, 0) is 36.7 Å². The fraction of sp³-hybridized carbons (Fsp3) is 0.478. The number of aromatic nitrogens is 1. The minimum absolute atomic E-state index is 0.0210. The third-order valence-corrected chi connectivity index (χ3v) is 10.4. The molecule has 3 fully saturated rings. The highest BCUT2D eigenvalue weighted by Gasteiger charge is 2.69. The number of likely N-dealkylation sites (tertiary alicyclic amines) is 1. The van der Waals surface area contributed by atoms with Crippen molar-refractivity contribution in [2.45, 2.75) is 36.0 Å². The first-order valence-electron chi connectivity index (χ1n) is 10.9. The molecule has 2 N–H and O–H groups in total. The van der Waals surface area contributed by atoms with Crippen LogP contribution >= 0.6 is 23.1 Å². The van der Waals surface area contributed by atoms with E-state index in [4.69, 9.17) is 5.11 Å². The van der Waals surface area contributed by atoms with Gasteiger partial charge in [0.15, 0.2) is 0 Å². The Morgan fingerprint density at radius 1 is 1.12 bits per heavy atom. The number of amides is 2. The van der Waals surface area contributed by atoms with Gasteiger partial charge in [-0.25, -0.2) is 0 Å². The molecule has 1 aromatic carbocycles. The van der Waals surface area contributed by atoms with Crippen molar-refractivity contribution in [2.24, 2.45) is 29.6 Å². The first kappa shape index (κ1) is 20.2. The maximum Gasteiger partial charge on any atom is 0.305 e. The van der Waals surface area contributed by atoms with Crippen molar-refractivity contribution in [2.75, 3.05) is 6.54 Å². The molecule has 2 aliphatic carbocycles. The molecule has 4 aliphatic rings. The van der Waals surface area contributed by atoms with E-state index in [1.165, 1.54) is 16.2 Å². The predicted octanol–water partition coefficient (Wildman–Crippen LogP) is 2.69. The molecule has 2 saturated carbocycles. The van der Waals surface area contributed by atoms with Crippen molar-refractivity contribution in [1.82, 2.24) is 9.88 Å². The SMILES string of the molecule is Cc1ccc(C2c3sc(=O)[nH]c3SC3C4CC(C5C(=O)N(CCC(=O)O)C(=O)C45)C23)cc1. The van der Waals surface area contributed by atoms with Gasteiger partial charge in [0.1, 0.15) is 0 Å². The predicted molar refractivity (Wildman–Crippen MR) is 119 cm³/mol. The number of imide groups is 1. The van der Waals surface area contributed by atoms with Crippen molar-refractivity contribution in [3.05, 3.63) is 49.9 Å². The number of nitrogens with zero attached hydrogens (tertiary/aromatic N) is 1. The minimum atomic E-state index is -1.01. The highest BCUT2D eigenvalue weighted by molar-refractivity contribution is 8.00. The molecule has 0 radical (unpaired) electrons. The monoisotopic (exact) mass is 470 g/mol. The van der Waals surface area contributed by atoms with Crippen LogP contribution in [0.2, 0.25) is 0 Å². The first-order chi connectivity index (χ1) is 15.3. The third kappa shape index (κ3) is 2.73. The molecule has 3 heterocycles.